The Hall–Kier alpha value is -2.62. The van der Waals surface area contributed by atoms with Crippen molar-refractivity contribution in [2.75, 3.05) is 0 Å². The number of fused-ring (bicyclic) bond motifs is 1. The summed E-state index contributed by atoms with van der Waals surface area (Å²) in [6.45, 7) is 11.2. The minimum Gasteiger partial charge on any atom is -0.348 e. The molecule has 1 aromatic heterocycles. The summed E-state index contributed by atoms with van der Waals surface area (Å²) in [6.07, 6.45) is 0. The van der Waals surface area contributed by atoms with E-state index in [1.165, 1.54) is 16.7 Å². The Labute approximate surface area is 155 Å². The van der Waals surface area contributed by atoms with Crippen molar-refractivity contribution in [1.29, 1.82) is 0 Å². The van der Waals surface area contributed by atoms with E-state index < -0.39 is 5.41 Å². The summed E-state index contributed by atoms with van der Waals surface area (Å²) in [7, 11) is 0. The van der Waals surface area contributed by atoms with Crippen molar-refractivity contribution in [3.8, 4) is 0 Å². The Morgan fingerprint density at radius 3 is 2.58 bits per heavy atom. The molecule has 0 aliphatic rings. The smallest absolute Gasteiger partial charge is 0.225 e. The van der Waals surface area contributed by atoms with Gasteiger partial charge in [0.05, 0.1) is 17.6 Å². The zero-order valence-electron chi connectivity index (χ0n) is 16.3. The number of aryl methyl sites for hydroxylation is 2. The summed E-state index contributed by atoms with van der Waals surface area (Å²) < 4.78 is 2.21. The maximum atomic E-state index is 12.3. The average Bonchev–Trinajstić information content (AvgIpc) is 2.93. The molecule has 0 saturated carbocycles. The van der Waals surface area contributed by atoms with Crippen molar-refractivity contribution >= 4 is 16.9 Å². The summed E-state index contributed by atoms with van der Waals surface area (Å²) in [6, 6.07) is 14.6. The highest BCUT2D eigenvalue weighted by molar-refractivity contribution is 5.81. The molecule has 3 aromatic rings. The van der Waals surface area contributed by atoms with Crippen LogP contribution in [0.3, 0.4) is 0 Å². The van der Waals surface area contributed by atoms with Crippen molar-refractivity contribution < 1.29 is 4.79 Å². The van der Waals surface area contributed by atoms with E-state index in [2.05, 4.69) is 48.0 Å². The van der Waals surface area contributed by atoms with Crippen LogP contribution in [0.15, 0.2) is 42.5 Å². The lowest BCUT2D eigenvalue weighted by Crippen LogP contribution is -2.35. The zero-order chi connectivity index (χ0) is 18.9. The molecule has 0 aliphatic carbocycles. The molecule has 1 amide bonds. The molecule has 136 valence electrons. The fourth-order valence-electron chi connectivity index (χ4n) is 3.00. The molecule has 4 heteroatoms. The van der Waals surface area contributed by atoms with E-state index in [4.69, 9.17) is 4.98 Å². The summed E-state index contributed by atoms with van der Waals surface area (Å²) in [5, 5.41) is 3.03. The first kappa shape index (κ1) is 18.2. The Kier molecular flexibility index (Phi) is 4.86. The number of rotatable bonds is 4. The van der Waals surface area contributed by atoms with E-state index in [9.17, 15) is 4.79 Å². The minimum atomic E-state index is -0.413. The van der Waals surface area contributed by atoms with Gasteiger partial charge < -0.3 is 9.88 Å². The fourth-order valence-corrected chi connectivity index (χ4v) is 3.00. The third-order valence-corrected chi connectivity index (χ3v) is 4.65. The third-order valence-electron chi connectivity index (χ3n) is 4.65. The molecule has 0 spiro atoms. The highest BCUT2D eigenvalue weighted by atomic mass is 16.2. The number of carbonyl (C=O) groups is 1. The molecule has 26 heavy (non-hydrogen) atoms. The molecular formula is C22H27N3O. The predicted octanol–water partition coefficient (Wildman–Crippen LogP) is 4.36. The van der Waals surface area contributed by atoms with E-state index in [1.54, 1.807) is 0 Å². The van der Waals surface area contributed by atoms with E-state index >= 15 is 0 Å². The molecule has 2 aromatic carbocycles. The first-order valence-corrected chi connectivity index (χ1v) is 9.04. The van der Waals surface area contributed by atoms with Crippen LogP contribution < -0.4 is 5.32 Å². The highest BCUT2D eigenvalue weighted by Gasteiger charge is 2.21. The van der Waals surface area contributed by atoms with Gasteiger partial charge in [0.2, 0.25) is 5.91 Å². The van der Waals surface area contributed by atoms with Crippen LogP contribution in [0.2, 0.25) is 0 Å². The zero-order valence-corrected chi connectivity index (χ0v) is 16.3. The quantitative estimate of drug-likeness (QED) is 0.760. The number of hydrogen-bond donors (Lipinski definition) is 1. The predicted molar refractivity (Wildman–Crippen MR) is 106 cm³/mol. The lowest BCUT2D eigenvalue weighted by Gasteiger charge is -2.18. The van der Waals surface area contributed by atoms with Crippen LogP contribution in [0.1, 0.15) is 43.3 Å². The van der Waals surface area contributed by atoms with Gasteiger partial charge in [0, 0.05) is 12.0 Å². The number of imidazole rings is 1. The van der Waals surface area contributed by atoms with Crippen LogP contribution in [0.5, 0.6) is 0 Å². The number of nitrogens with one attached hydrogen (secondary N) is 1. The van der Waals surface area contributed by atoms with Gasteiger partial charge >= 0.3 is 0 Å². The van der Waals surface area contributed by atoms with E-state index in [-0.39, 0.29) is 5.91 Å². The normalized spacial score (nSPS) is 11.7. The van der Waals surface area contributed by atoms with E-state index in [1.807, 2.05) is 39.0 Å². The standard InChI is InChI=1S/C22H27N3O/c1-15-10-11-16(2)17(12-15)14-25-19-9-7-6-8-18(19)24-20(25)13-23-21(26)22(3,4)5/h6-12H,13-14H2,1-5H3,(H,23,26). The number of para-hydroxylation sites is 2. The first-order chi connectivity index (χ1) is 12.3. The monoisotopic (exact) mass is 349 g/mol. The maximum Gasteiger partial charge on any atom is 0.225 e. The Balaban J connectivity index is 1.97. The van der Waals surface area contributed by atoms with Crippen molar-refractivity contribution in [1.82, 2.24) is 14.9 Å². The molecule has 0 saturated heterocycles. The third kappa shape index (κ3) is 3.79. The van der Waals surface area contributed by atoms with Gasteiger partial charge in [-0.05, 0) is 37.1 Å². The SMILES string of the molecule is Cc1ccc(C)c(Cn2c(CNC(=O)C(C)(C)C)nc3ccccc32)c1. The molecule has 0 radical (unpaired) electrons. The molecule has 0 fully saturated rings. The molecule has 1 N–H and O–H groups in total. The number of amides is 1. The van der Waals surface area contributed by atoms with Gasteiger partial charge in [-0.2, -0.15) is 0 Å². The first-order valence-electron chi connectivity index (χ1n) is 9.04. The van der Waals surface area contributed by atoms with Crippen LogP contribution >= 0.6 is 0 Å². The molecule has 3 rings (SSSR count). The van der Waals surface area contributed by atoms with Crippen molar-refractivity contribution in [3.63, 3.8) is 0 Å². The van der Waals surface area contributed by atoms with Crippen LogP contribution in [0.25, 0.3) is 11.0 Å². The molecule has 0 unspecified atom stereocenters. The Bertz CT molecular complexity index is 948. The summed E-state index contributed by atoms with van der Waals surface area (Å²) in [5.74, 6) is 0.910. The van der Waals surface area contributed by atoms with Crippen molar-refractivity contribution in [3.05, 3.63) is 65.0 Å². The second-order valence-electron chi connectivity index (χ2n) is 7.97. The van der Waals surface area contributed by atoms with Crippen LogP contribution in [0, 0.1) is 19.3 Å². The molecular weight excluding hydrogens is 322 g/mol. The lowest BCUT2D eigenvalue weighted by molar-refractivity contribution is -0.128. The van der Waals surface area contributed by atoms with Crippen LogP contribution in [0.4, 0.5) is 0 Å². The van der Waals surface area contributed by atoms with Gasteiger partial charge in [0.15, 0.2) is 0 Å². The number of aromatic nitrogens is 2. The number of benzene rings is 2. The van der Waals surface area contributed by atoms with Gasteiger partial charge in [-0.3, -0.25) is 4.79 Å². The molecule has 0 bridgehead atoms. The van der Waals surface area contributed by atoms with Gasteiger partial charge in [-0.15, -0.1) is 0 Å². The topological polar surface area (TPSA) is 46.9 Å². The van der Waals surface area contributed by atoms with E-state index in [0.29, 0.717) is 6.54 Å². The average molecular weight is 349 g/mol. The molecule has 4 nitrogen and oxygen atoms in total. The van der Waals surface area contributed by atoms with Gasteiger partial charge in [0.25, 0.3) is 0 Å². The number of carbonyl (C=O) groups excluding carboxylic acids is 1. The summed E-state index contributed by atoms with van der Waals surface area (Å²) in [5.41, 5.74) is 5.42. The largest absolute Gasteiger partial charge is 0.348 e. The number of nitrogens with zero attached hydrogens (tertiary/aromatic N) is 2. The molecule has 0 atom stereocenters. The Morgan fingerprint density at radius 2 is 1.85 bits per heavy atom. The van der Waals surface area contributed by atoms with Crippen molar-refractivity contribution in [2.24, 2.45) is 5.41 Å². The molecule has 1 heterocycles. The van der Waals surface area contributed by atoms with Crippen LogP contribution in [-0.4, -0.2) is 15.5 Å². The summed E-state index contributed by atoms with van der Waals surface area (Å²) >= 11 is 0. The highest BCUT2D eigenvalue weighted by Crippen LogP contribution is 2.21. The number of hydrogen-bond acceptors (Lipinski definition) is 2. The maximum absolute atomic E-state index is 12.3. The van der Waals surface area contributed by atoms with Crippen LogP contribution in [-0.2, 0) is 17.9 Å². The second kappa shape index (κ2) is 6.94. The lowest BCUT2D eigenvalue weighted by atomic mass is 9.96. The van der Waals surface area contributed by atoms with E-state index in [0.717, 1.165) is 23.4 Å². The molecule has 0 aliphatic heterocycles. The summed E-state index contributed by atoms with van der Waals surface area (Å²) in [4.78, 5) is 17.0. The van der Waals surface area contributed by atoms with Gasteiger partial charge in [-0.1, -0.05) is 56.7 Å². The van der Waals surface area contributed by atoms with Crippen molar-refractivity contribution in [2.45, 2.75) is 47.7 Å². The second-order valence-corrected chi connectivity index (χ2v) is 7.97. The Morgan fingerprint density at radius 1 is 1.12 bits per heavy atom. The fraction of sp³-hybridized carbons (Fsp3) is 0.364. The van der Waals surface area contributed by atoms with Gasteiger partial charge in [0.1, 0.15) is 5.82 Å². The minimum absolute atomic E-state index is 0.0304. The van der Waals surface area contributed by atoms with Gasteiger partial charge in [-0.25, -0.2) is 4.98 Å².